The molecule has 0 bridgehead atoms. The smallest absolute Gasteiger partial charge is 0.366 e. The van der Waals surface area contributed by atoms with Crippen LogP contribution in [-0.2, 0) is 6.42 Å². The van der Waals surface area contributed by atoms with Crippen LogP contribution in [0.4, 0.5) is 26.3 Å². The molecule has 1 aromatic rings. The van der Waals surface area contributed by atoms with E-state index in [1.165, 1.54) is 0 Å². The number of hydrogen-bond acceptors (Lipinski definition) is 4. The second-order valence-corrected chi connectivity index (χ2v) is 6.46. The summed E-state index contributed by atoms with van der Waals surface area (Å²) in [4.78, 5) is 2.12. The summed E-state index contributed by atoms with van der Waals surface area (Å²) >= 11 is 0. The van der Waals surface area contributed by atoms with E-state index in [0.29, 0.717) is 16.7 Å². The molecule has 0 radical (unpaired) electrons. The van der Waals surface area contributed by atoms with Gasteiger partial charge in [0.1, 0.15) is 11.7 Å². The molecule has 1 aromatic carbocycles. The molecule has 0 unspecified atom stereocenters. The van der Waals surface area contributed by atoms with E-state index < -0.39 is 41.3 Å². The lowest BCUT2D eigenvalue weighted by atomic mass is 10.0. The van der Waals surface area contributed by atoms with E-state index in [1.807, 2.05) is 0 Å². The standard InChI is InChI=1S/C17H19F6N5/c1-9(4-11(24)5-10-6-13(19)14(20)7-12(10)18)27-2-3-28(15(25)8-27)16(26)17(21,22)23/h6-7,11,25-26H,1-5,8,24H2/t11-/m0/s1. The Labute approximate surface area is 157 Å². The molecule has 11 heteroatoms. The highest BCUT2D eigenvalue weighted by Gasteiger charge is 2.41. The van der Waals surface area contributed by atoms with Gasteiger partial charge in [0.25, 0.3) is 0 Å². The van der Waals surface area contributed by atoms with Gasteiger partial charge in [0.05, 0.1) is 6.54 Å². The van der Waals surface area contributed by atoms with Crippen molar-refractivity contribution >= 4 is 11.7 Å². The molecule has 2 rings (SSSR count). The van der Waals surface area contributed by atoms with Crippen LogP contribution in [-0.4, -0.2) is 53.3 Å². The van der Waals surface area contributed by atoms with E-state index in [9.17, 15) is 26.3 Å². The maximum absolute atomic E-state index is 13.7. The molecule has 28 heavy (non-hydrogen) atoms. The van der Waals surface area contributed by atoms with E-state index in [1.54, 1.807) is 4.90 Å². The van der Waals surface area contributed by atoms with Crippen molar-refractivity contribution in [3.8, 4) is 0 Å². The van der Waals surface area contributed by atoms with Crippen molar-refractivity contribution in [1.82, 2.24) is 9.80 Å². The third-order valence-corrected chi connectivity index (χ3v) is 4.31. The van der Waals surface area contributed by atoms with Crippen LogP contribution in [0.15, 0.2) is 24.4 Å². The minimum atomic E-state index is -4.84. The van der Waals surface area contributed by atoms with E-state index in [4.69, 9.17) is 16.6 Å². The average Bonchev–Trinajstić information content (AvgIpc) is 2.58. The summed E-state index contributed by atoms with van der Waals surface area (Å²) in [6.07, 6.45) is -4.83. The fourth-order valence-corrected chi connectivity index (χ4v) is 2.88. The Hall–Kier alpha value is -2.56. The first-order valence-electron chi connectivity index (χ1n) is 8.22. The van der Waals surface area contributed by atoms with Crippen molar-refractivity contribution in [2.24, 2.45) is 5.73 Å². The molecular weight excluding hydrogens is 388 g/mol. The first-order valence-corrected chi connectivity index (χ1v) is 8.22. The van der Waals surface area contributed by atoms with E-state index in [0.717, 1.165) is 6.07 Å². The summed E-state index contributed by atoms with van der Waals surface area (Å²) in [5.41, 5.74) is 6.23. The maximum Gasteiger partial charge on any atom is 0.449 e. The van der Waals surface area contributed by atoms with Crippen molar-refractivity contribution in [3.05, 3.63) is 47.4 Å². The van der Waals surface area contributed by atoms with Crippen molar-refractivity contribution in [2.45, 2.75) is 25.1 Å². The quantitative estimate of drug-likeness (QED) is 0.304. The van der Waals surface area contributed by atoms with E-state index in [-0.39, 0.29) is 38.0 Å². The molecule has 1 aliphatic heterocycles. The van der Waals surface area contributed by atoms with E-state index >= 15 is 0 Å². The summed E-state index contributed by atoms with van der Waals surface area (Å²) in [7, 11) is 0. The molecule has 1 saturated heterocycles. The van der Waals surface area contributed by atoms with Gasteiger partial charge < -0.3 is 15.5 Å². The summed E-state index contributed by atoms with van der Waals surface area (Å²) in [5, 5.41) is 14.9. The average molecular weight is 407 g/mol. The van der Waals surface area contributed by atoms with Crippen molar-refractivity contribution in [1.29, 1.82) is 10.8 Å². The topological polar surface area (TPSA) is 80.2 Å². The summed E-state index contributed by atoms with van der Waals surface area (Å²) in [6, 6.07) is 0.458. The Morgan fingerprint density at radius 3 is 2.32 bits per heavy atom. The normalized spacial score (nSPS) is 16.3. The number of piperazine rings is 1. The number of nitrogens with two attached hydrogens (primary N) is 1. The van der Waals surface area contributed by atoms with Gasteiger partial charge in [-0.3, -0.25) is 10.8 Å². The third-order valence-electron chi connectivity index (χ3n) is 4.31. The van der Waals surface area contributed by atoms with Gasteiger partial charge in [0.2, 0.25) is 5.84 Å². The van der Waals surface area contributed by atoms with Crippen LogP contribution in [0.2, 0.25) is 0 Å². The Morgan fingerprint density at radius 2 is 1.75 bits per heavy atom. The molecule has 154 valence electrons. The predicted molar refractivity (Wildman–Crippen MR) is 91.5 cm³/mol. The highest BCUT2D eigenvalue weighted by Crippen LogP contribution is 2.23. The summed E-state index contributed by atoms with van der Waals surface area (Å²) in [5.74, 6) is -5.44. The molecule has 5 nitrogen and oxygen atoms in total. The highest BCUT2D eigenvalue weighted by molar-refractivity contribution is 6.01. The van der Waals surface area contributed by atoms with Crippen molar-refractivity contribution in [2.75, 3.05) is 19.6 Å². The van der Waals surface area contributed by atoms with Crippen LogP contribution in [0.1, 0.15) is 12.0 Å². The first kappa shape index (κ1) is 21.7. The van der Waals surface area contributed by atoms with Crippen LogP contribution < -0.4 is 5.73 Å². The molecule has 1 fully saturated rings. The van der Waals surface area contributed by atoms with Crippen LogP contribution in [0, 0.1) is 28.3 Å². The Balaban J connectivity index is 1.94. The maximum atomic E-state index is 13.7. The van der Waals surface area contributed by atoms with Crippen molar-refractivity contribution < 1.29 is 26.3 Å². The fourth-order valence-electron chi connectivity index (χ4n) is 2.88. The van der Waals surface area contributed by atoms with Gasteiger partial charge in [0.15, 0.2) is 11.6 Å². The molecule has 0 spiro atoms. The third kappa shape index (κ3) is 5.03. The summed E-state index contributed by atoms with van der Waals surface area (Å²) in [6.45, 7) is 3.47. The Kier molecular flexibility index (Phi) is 6.37. The van der Waals surface area contributed by atoms with Crippen molar-refractivity contribution in [3.63, 3.8) is 0 Å². The molecule has 1 aliphatic rings. The number of nitrogens with zero attached hydrogens (tertiary/aromatic N) is 2. The largest absolute Gasteiger partial charge is 0.449 e. The summed E-state index contributed by atoms with van der Waals surface area (Å²) < 4.78 is 77.8. The van der Waals surface area contributed by atoms with Gasteiger partial charge in [-0.1, -0.05) is 6.58 Å². The van der Waals surface area contributed by atoms with Crippen LogP contribution in [0.5, 0.6) is 0 Å². The monoisotopic (exact) mass is 407 g/mol. The fraction of sp³-hybridized carbons (Fsp3) is 0.412. The second kappa shape index (κ2) is 8.21. The molecule has 0 aromatic heterocycles. The Bertz CT molecular complexity index is 791. The number of halogens is 6. The van der Waals surface area contributed by atoms with E-state index in [2.05, 4.69) is 6.58 Å². The predicted octanol–water partition coefficient (Wildman–Crippen LogP) is 3.01. The lowest BCUT2D eigenvalue weighted by Gasteiger charge is -2.39. The minimum Gasteiger partial charge on any atom is -0.366 e. The number of rotatable bonds is 5. The molecular formula is C17H19F6N5. The van der Waals surface area contributed by atoms with Gasteiger partial charge in [-0.05, 0) is 18.1 Å². The minimum absolute atomic E-state index is 0.0892. The SMILES string of the molecule is C=C(C[C@H](N)Cc1cc(F)c(F)cc1F)N1CCN(C(=N)C(F)(F)F)C(=N)C1. The second-order valence-electron chi connectivity index (χ2n) is 6.46. The van der Waals surface area contributed by atoms with Crippen LogP contribution in [0.25, 0.3) is 0 Å². The molecule has 4 N–H and O–H groups in total. The number of amidine groups is 2. The number of hydrogen-bond donors (Lipinski definition) is 3. The van der Waals surface area contributed by atoms with Gasteiger partial charge in [-0.25, -0.2) is 13.2 Å². The van der Waals surface area contributed by atoms with Gasteiger partial charge in [0, 0.05) is 37.3 Å². The van der Waals surface area contributed by atoms with Gasteiger partial charge in [-0.15, -0.1) is 0 Å². The van der Waals surface area contributed by atoms with Crippen LogP contribution >= 0.6 is 0 Å². The lowest BCUT2D eigenvalue weighted by molar-refractivity contribution is -0.0675. The first-order chi connectivity index (χ1) is 12.9. The lowest BCUT2D eigenvalue weighted by Crippen LogP contribution is -2.55. The number of nitrogens with one attached hydrogen (secondary N) is 2. The molecule has 1 heterocycles. The van der Waals surface area contributed by atoms with Crippen LogP contribution in [0.3, 0.4) is 0 Å². The zero-order chi connectivity index (χ0) is 21.2. The zero-order valence-electron chi connectivity index (χ0n) is 14.7. The molecule has 0 aliphatic carbocycles. The van der Waals surface area contributed by atoms with Gasteiger partial charge in [-0.2, -0.15) is 13.2 Å². The highest BCUT2D eigenvalue weighted by atomic mass is 19.4. The molecule has 0 amide bonds. The number of benzene rings is 1. The Morgan fingerprint density at radius 1 is 1.14 bits per heavy atom. The van der Waals surface area contributed by atoms with Gasteiger partial charge >= 0.3 is 6.18 Å². The molecule has 0 saturated carbocycles. The number of alkyl halides is 3. The molecule has 1 atom stereocenters. The zero-order valence-corrected chi connectivity index (χ0v) is 14.7.